The average molecular weight is 916 g/mol. The smallest absolute Gasteiger partial charge is 0.416 e. The molecular formula is C47H56F3N9O7. The van der Waals surface area contributed by atoms with Gasteiger partial charge in [-0.05, 0) is 90.7 Å². The van der Waals surface area contributed by atoms with Crippen molar-refractivity contribution < 1.29 is 46.6 Å². The minimum Gasteiger partial charge on any atom is -0.492 e. The van der Waals surface area contributed by atoms with Crippen LogP contribution in [0.2, 0.25) is 0 Å². The Morgan fingerprint density at radius 1 is 0.818 bits per heavy atom. The normalized spacial score (nSPS) is 15.8. The highest BCUT2D eigenvalue weighted by molar-refractivity contribution is 5.98. The fourth-order valence-electron chi connectivity index (χ4n) is 6.73. The molecule has 4 bridgehead atoms. The van der Waals surface area contributed by atoms with Crippen LogP contribution < -0.4 is 47.9 Å². The first-order chi connectivity index (χ1) is 31.6. The van der Waals surface area contributed by atoms with Crippen LogP contribution in [0.15, 0.2) is 84.9 Å². The zero-order valence-corrected chi connectivity index (χ0v) is 37.0. The second kappa shape index (κ2) is 24.9. The van der Waals surface area contributed by atoms with E-state index in [2.05, 4.69) is 28.2 Å². The van der Waals surface area contributed by atoms with E-state index in [1.807, 2.05) is 6.07 Å². The molecule has 10 N–H and O–H groups in total. The topological polar surface area (TPSA) is 257 Å². The average Bonchev–Trinajstić information content (AvgIpc) is 3.31. The molecule has 0 saturated heterocycles. The first kappa shape index (κ1) is 51.6. The van der Waals surface area contributed by atoms with Crippen LogP contribution in [0.1, 0.15) is 59.8 Å². The number of amides is 5. The third-order valence-corrected chi connectivity index (χ3v) is 10.3. The molecule has 4 aromatic carbocycles. The second-order valence-electron chi connectivity index (χ2n) is 15.1. The van der Waals surface area contributed by atoms with Gasteiger partial charge in [0.15, 0.2) is 0 Å². The lowest BCUT2D eigenvalue weighted by molar-refractivity contribution is -0.139. The largest absolute Gasteiger partial charge is 0.492 e. The van der Waals surface area contributed by atoms with E-state index in [1.165, 1.54) is 51.1 Å². The second-order valence-corrected chi connectivity index (χ2v) is 15.1. The van der Waals surface area contributed by atoms with Gasteiger partial charge >= 0.3 is 6.18 Å². The highest BCUT2D eigenvalue weighted by Crippen LogP contribution is 2.40. The van der Waals surface area contributed by atoms with Gasteiger partial charge in [0.2, 0.25) is 23.6 Å². The summed E-state index contributed by atoms with van der Waals surface area (Å²) in [5, 5.41) is 19.4. The van der Waals surface area contributed by atoms with Crippen molar-refractivity contribution in [3.63, 3.8) is 0 Å². The van der Waals surface area contributed by atoms with E-state index in [-0.39, 0.29) is 44.8 Å². The molecule has 0 saturated carbocycles. The molecule has 3 atom stereocenters. The van der Waals surface area contributed by atoms with Gasteiger partial charge in [-0.2, -0.15) is 18.4 Å². The van der Waals surface area contributed by atoms with Gasteiger partial charge in [-0.1, -0.05) is 49.7 Å². The number of unbranched alkanes of at least 4 members (excludes halogenated alkanes) is 1. The molecule has 5 amide bonds. The van der Waals surface area contributed by atoms with E-state index in [0.29, 0.717) is 44.9 Å². The molecule has 0 aromatic heterocycles. The number of nitrogens with zero attached hydrogens (tertiary/aromatic N) is 2. The van der Waals surface area contributed by atoms with Crippen LogP contribution in [0.5, 0.6) is 11.5 Å². The van der Waals surface area contributed by atoms with E-state index < -0.39 is 65.9 Å². The van der Waals surface area contributed by atoms with Gasteiger partial charge in [0.1, 0.15) is 49.4 Å². The van der Waals surface area contributed by atoms with Crippen molar-refractivity contribution in [1.82, 2.24) is 26.2 Å². The lowest BCUT2D eigenvalue weighted by Gasteiger charge is -2.30. The van der Waals surface area contributed by atoms with E-state index in [9.17, 15) is 37.1 Å². The van der Waals surface area contributed by atoms with Crippen LogP contribution in [0.4, 0.5) is 13.2 Å². The van der Waals surface area contributed by atoms with Crippen molar-refractivity contribution in [2.24, 2.45) is 17.2 Å². The first-order valence-corrected chi connectivity index (χ1v) is 21.3. The number of ether oxygens (including phenoxy) is 2. The number of fused-ring (bicyclic) bond motifs is 5. The van der Waals surface area contributed by atoms with Crippen LogP contribution in [0.25, 0.3) is 22.3 Å². The van der Waals surface area contributed by atoms with Gasteiger partial charge in [-0.3, -0.25) is 24.0 Å². The lowest BCUT2D eigenvalue weighted by Crippen LogP contribution is -2.55. The summed E-state index contributed by atoms with van der Waals surface area (Å²) in [6.45, 7) is 4.12. The van der Waals surface area contributed by atoms with Crippen LogP contribution in [-0.2, 0) is 31.8 Å². The molecule has 66 heavy (non-hydrogen) atoms. The number of halogens is 3. The summed E-state index contributed by atoms with van der Waals surface area (Å²) in [5.74, 6) is -2.74. The van der Waals surface area contributed by atoms with Gasteiger partial charge in [-0.15, -0.1) is 0 Å². The maximum absolute atomic E-state index is 14.2. The van der Waals surface area contributed by atoms with Gasteiger partial charge < -0.3 is 52.8 Å². The number of nitrogens with one attached hydrogen (secondary N) is 4. The van der Waals surface area contributed by atoms with E-state index in [0.717, 1.165) is 23.6 Å². The standard InChI is InChI=1S/C43H45F3N8O7.C4H11N/c1-25-39(56)53-34(41(58)50-18-15-47)22-26-3-13-35(60-19-16-48)32(21-26)33-23-30(10-14-36(33)61-20-17-49)38(42(59)52-25)54(2)37(55)24-51-40(57)29-6-4-27(5-7-29)28-8-11-31(12-9-28)43(44,45)46;1-2-3-4-5/h3-14,21,23,25,34,38H,16-20,22,24,48-49H2,1-2H3,(H,50,58)(H,51,57)(H,52,59)(H,53,56);2-5H2,1H3/t25-,34?,38?;/m0./s1. The number of alkyl halides is 3. The molecule has 352 valence electrons. The molecule has 0 spiro atoms. The Balaban J connectivity index is 0.00000180. The van der Waals surface area contributed by atoms with Crippen molar-refractivity contribution in [3.05, 3.63) is 107 Å². The quantitative estimate of drug-likeness (QED) is 0.0849. The maximum Gasteiger partial charge on any atom is 0.416 e. The van der Waals surface area contributed by atoms with E-state index in [1.54, 1.807) is 48.5 Å². The minimum atomic E-state index is -4.48. The summed E-state index contributed by atoms with van der Waals surface area (Å²) in [4.78, 5) is 69.1. The molecular weight excluding hydrogens is 860 g/mol. The molecule has 1 aliphatic rings. The van der Waals surface area contributed by atoms with E-state index in [4.69, 9.17) is 31.9 Å². The molecule has 2 unspecified atom stereocenters. The monoisotopic (exact) mass is 915 g/mol. The number of nitrogens with two attached hydrogens (primary N) is 3. The summed E-state index contributed by atoms with van der Waals surface area (Å²) in [6, 6.07) is 18.6. The van der Waals surface area contributed by atoms with E-state index >= 15 is 0 Å². The zero-order valence-electron chi connectivity index (χ0n) is 37.0. The molecule has 0 aliphatic carbocycles. The Morgan fingerprint density at radius 2 is 1.41 bits per heavy atom. The molecule has 19 heteroatoms. The molecule has 5 rings (SSSR count). The van der Waals surface area contributed by atoms with Crippen LogP contribution in [-0.4, -0.2) is 99.5 Å². The van der Waals surface area contributed by atoms with Crippen molar-refractivity contribution in [3.8, 4) is 39.8 Å². The van der Waals surface area contributed by atoms with Gasteiger partial charge in [-0.25, -0.2) is 0 Å². The predicted molar refractivity (Wildman–Crippen MR) is 242 cm³/mol. The zero-order chi connectivity index (χ0) is 48.4. The molecule has 1 heterocycles. The van der Waals surface area contributed by atoms with Crippen molar-refractivity contribution in [2.45, 2.75) is 57.4 Å². The Hall–Kier alpha value is -7.01. The van der Waals surface area contributed by atoms with Crippen LogP contribution in [0, 0.1) is 11.3 Å². The fraction of sp³-hybridized carbons (Fsp3) is 0.362. The predicted octanol–water partition coefficient (Wildman–Crippen LogP) is 3.57. The first-order valence-electron chi connectivity index (χ1n) is 21.3. The number of carbonyl (C=O) groups is 5. The Labute approximate surface area is 381 Å². The minimum absolute atomic E-state index is 0.0125. The molecule has 0 fully saturated rings. The number of hydrogen-bond donors (Lipinski definition) is 7. The molecule has 16 nitrogen and oxygen atoms in total. The third kappa shape index (κ3) is 14.2. The molecule has 0 radical (unpaired) electrons. The summed E-state index contributed by atoms with van der Waals surface area (Å²) in [5.41, 5.74) is 18.9. The number of hydrogen-bond acceptors (Lipinski definition) is 11. The SMILES string of the molecule is CCCCN.C[C@@H]1NC(=O)C(N(C)C(=O)CNC(=O)c2ccc(-c3ccc(C(F)(F)F)cc3)cc2)c2ccc(OCCN)c(c2)-c2cc(ccc2OCCN)CC(C(=O)NCC#N)NC1=O. The Bertz CT molecular complexity index is 2340. The van der Waals surface area contributed by atoms with Crippen molar-refractivity contribution in [1.29, 1.82) is 5.26 Å². The summed E-state index contributed by atoms with van der Waals surface area (Å²) in [7, 11) is 1.36. The van der Waals surface area contributed by atoms with Gasteiger partial charge in [0.25, 0.3) is 5.91 Å². The number of benzene rings is 4. The molecule has 4 aromatic rings. The van der Waals surface area contributed by atoms with Crippen LogP contribution >= 0.6 is 0 Å². The summed E-state index contributed by atoms with van der Waals surface area (Å²) in [6.07, 6.45) is -2.11. The number of likely N-dealkylation sites (N-methyl/N-ethyl adjacent to an activating group) is 1. The number of nitriles is 1. The highest BCUT2D eigenvalue weighted by atomic mass is 19.4. The van der Waals surface area contributed by atoms with Gasteiger partial charge in [0, 0.05) is 43.2 Å². The van der Waals surface area contributed by atoms with Crippen molar-refractivity contribution in [2.75, 3.05) is 53.0 Å². The molecule has 1 aliphatic heterocycles. The Kier molecular flexibility index (Phi) is 19.5. The third-order valence-electron chi connectivity index (χ3n) is 10.3. The van der Waals surface area contributed by atoms with Crippen LogP contribution in [0.3, 0.4) is 0 Å². The number of carbonyl (C=O) groups excluding carboxylic acids is 5. The highest BCUT2D eigenvalue weighted by Gasteiger charge is 2.34. The Morgan fingerprint density at radius 3 is 1.95 bits per heavy atom. The summed E-state index contributed by atoms with van der Waals surface area (Å²) >= 11 is 0. The fourth-order valence-corrected chi connectivity index (χ4v) is 6.73. The van der Waals surface area contributed by atoms with Crippen molar-refractivity contribution >= 4 is 29.5 Å². The summed E-state index contributed by atoms with van der Waals surface area (Å²) < 4.78 is 51.1. The lowest BCUT2D eigenvalue weighted by atomic mass is 9.93. The maximum atomic E-state index is 14.2. The number of rotatable bonds is 15. The van der Waals surface area contributed by atoms with Gasteiger partial charge in [0.05, 0.1) is 18.2 Å².